The van der Waals surface area contributed by atoms with Gasteiger partial charge in [-0.2, -0.15) is 10.2 Å². The molecule has 0 aliphatic rings. The Morgan fingerprint density at radius 3 is 2.79 bits per heavy atom. The number of carbonyl (C=O) groups excluding carboxylic acids is 1. The molecule has 0 fully saturated rings. The van der Waals surface area contributed by atoms with E-state index in [1.165, 1.54) is 11.1 Å². The maximum absolute atomic E-state index is 12.5. The third-order valence-corrected chi connectivity index (χ3v) is 5.01. The fourth-order valence-electron chi connectivity index (χ4n) is 3.20. The standard InChI is InChI=1S/C20H23N7O/c1-12-5-17-19(6-13(12)2)27(11-21-17)10-16-7-18(25-24-16)20(28)23-14(3)15-8-22-26(4)9-15/h5-9,11,14H,10H2,1-4H3,(H,23,28)(H,24,25). The molecule has 0 aliphatic heterocycles. The Balaban J connectivity index is 1.48. The van der Waals surface area contributed by atoms with Gasteiger partial charge in [0.05, 0.1) is 41.8 Å². The number of benzene rings is 1. The molecule has 8 nitrogen and oxygen atoms in total. The first kappa shape index (κ1) is 18.0. The average molecular weight is 377 g/mol. The van der Waals surface area contributed by atoms with Crippen molar-refractivity contribution < 1.29 is 4.79 Å². The molecule has 1 unspecified atom stereocenters. The van der Waals surface area contributed by atoms with Gasteiger partial charge in [0, 0.05) is 18.8 Å². The van der Waals surface area contributed by atoms with Crippen LogP contribution in [0, 0.1) is 13.8 Å². The molecule has 0 aliphatic carbocycles. The topological polar surface area (TPSA) is 93.4 Å². The lowest BCUT2D eigenvalue weighted by molar-refractivity contribution is 0.0935. The predicted octanol–water partition coefficient (Wildman–Crippen LogP) is 2.65. The minimum Gasteiger partial charge on any atom is -0.344 e. The molecule has 0 spiro atoms. The number of nitrogens with one attached hydrogen (secondary N) is 2. The van der Waals surface area contributed by atoms with Crippen LogP contribution in [-0.2, 0) is 13.6 Å². The second-order valence-corrected chi connectivity index (χ2v) is 7.22. The molecule has 8 heteroatoms. The number of nitrogens with zero attached hydrogens (tertiary/aromatic N) is 5. The van der Waals surface area contributed by atoms with Crippen molar-refractivity contribution >= 4 is 16.9 Å². The number of hydrogen-bond acceptors (Lipinski definition) is 4. The molecule has 4 aromatic rings. The van der Waals surface area contributed by atoms with Crippen LogP contribution >= 0.6 is 0 Å². The van der Waals surface area contributed by atoms with E-state index in [1.807, 2.05) is 26.5 Å². The predicted molar refractivity (Wildman–Crippen MR) is 106 cm³/mol. The van der Waals surface area contributed by atoms with Crippen LogP contribution in [-0.4, -0.2) is 35.4 Å². The molecule has 3 heterocycles. The Kier molecular flexibility index (Phi) is 4.46. The van der Waals surface area contributed by atoms with Crippen LogP contribution in [0.25, 0.3) is 11.0 Å². The second-order valence-electron chi connectivity index (χ2n) is 7.22. The molecule has 1 aromatic carbocycles. The van der Waals surface area contributed by atoms with Gasteiger partial charge in [-0.3, -0.25) is 14.6 Å². The van der Waals surface area contributed by atoms with E-state index in [1.54, 1.807) is 16.9 Å². The normalized spacial score (nSPS) is 12.4. The van der Waals surface area contributed by atoms with Gasteiger partial charge in [-0.15, -0.1) is 0 Å². The van der Waals surface area contributed by atoms with E-state index >= 15 is 0 Å². The molecule has 0 radical (unpaired) electrons. The molecule has 1 atom stereocenters. The highest BCUT2D eigenvalue weighted by molar-refractivity contribution is 5.92. The monoisotopic (exact) mass is 377 g/mol. The van der Waals surface area contributed by atoms with Crippen LogP contribution < -0.4 is 5.32 Å². The van der Waals surface area contributed by atoms with Crippen molar-refractivity contribution in [2.24, 2.45) is 7.05 Å². The Hall–Kier alpha value is -3.42. The zero-order valence-corrected chi connectivity index (χ0v) is 16.4. The highest BCUT2D eigenvalue weighted by Gasteiger charge is 2.16. The first-order chi connectivity index (χ1) is 13.4. The van der Waals surface area contributed by atoms with E-state index in [-0.39, 0.29) is 11.9 Å². The highest BCUT2D eigenvalue weighted by Crippen LogP contribution is 2.19. The van der Waals surface area contributed by atoms with Crippen LogP contribution in [0.2, 0.25) is 0 Å². The zero-order valence-electron chi connectivity index (χ0n) is 16.4. The minimum atomic E-state index is -0.221. The van der Waals surface area contributed by atoms with Gasteiger partial charge in [0.15, 0.2) is 0 Å². The summed E-state index contributed by atoms with van der Waals surface area (Å²) in [6.45, 7) is 6.66. The quantitative estimate of drug-likeness (QED) is 0.559. The number of hydrogen-bond donors (Lipinski definition) is 2. The van der Waals surface area contributed by atoms with Crippen molar-refractivity contribution in [3.05, 3.63) is 65.0 Å². The van der Waals surface area contributed by atoms with Gasteiger partial charge >= 0.3 is 0 Å². The van der Waals surface area contributed by atoms with Gasteiger partial charge < -0.3 is 9.88 Å². The summed E-state index contributed by atoms with van der Waals surface area (Å²) in [6, 6.07) is 5.85. The van der Waals surface area contributed by atoms with Crippen LogP contribution in [0.5, 0.6) is 0 Å². The number of carbonyl (C=O) groups is 1. The van der Waals surface area contributed by atoms with Crippen molar-refractivity contribution in [2.75, 3.05) is 0 Å². The minimum absolute atomic E-state index is 0.148. The van der Waals surface area contributed by atoms with E-state index in [9.17, 15) is 4.79 Å². The first-order valence-corrected chi connectivity index (χ1v) is 9.16. The smallest absolute Gasteiger partial charge is 0.272 e. The summed E-state index contributed by atoms with van der Waals surface area (Å²) in [7, 11) is 1.85. The Morgan fingerprint density at radius 1 is 1.25 bits per heavy atom. The Labute approximate surface area is 162 Å². The summed E-state index contributed by atoms with van der Waals surface area (Å²) in [5.41, 5.74) is 6.63. The number of imidazole rings is 1. The lowest BCUT2D eigenvalue weighted by Crippen LogP contribution is -2.26. The molecule has 144 valence electrons. The van der Waals surface area contributed by atoms with Crippen molar-refractivity contribution in [3.63, 3.8) is 0 Å². The molecular formula is C20H23N7O. The van der Waals surface area contributed by atoms with Crippen molar-refractivity contribution in [1.29, 1.82) is 0 Å². The number of amides is 1. The zero-order chi connectivity index (χ0) is 19.8. The summed E-state index contributed by atoms with van der Waals surface area (Å²) in [5.74, 6) is -0.221. The molecule has 4 rings (SSSR count). The Bertz CT molecular complexity index is 1150. The summed E-state index contributed by atoms with van der Waals surface area (Å²) in [4.78, 5) is 17.0. The van der Waals surface area contributed by atoms with Gasteiger partial charge in [0.25, 0.3) is 5.91 Å². The van der Waals surface area contributed by atoms with Crippen LogP contribution in [0.15, 0.2) is 36.9 Å². The third kappa shape index (κ3) is 3.40. The van der Waals surface area contributed by atoms with E-state index in [2.05, 4.69) is 56.1 Å². The lowest BCUT2D eigenvalue weighted by Gasteiger charge is -2.10. The van der Waals surface area contributed by atoms with Crippen LogP contribution in [0.3, 0.4) is 0 Å². The first-order valence-electron chi connectivity index (χ1n) is 9.16. The average Bonchev–Trinajstić information content (AvgIpc) is 3.37. The van der Waals surface area contributed by atoms with E-state index < -0.39 is 0 Å². The SMILES string of the molecule is Cc1cc2ncn(Cc3cc(C(=O)NC(C)c4cnn(C)c4)n[nH]3)c2cc1C. The van der Waals surface area contributed by atoms with Crippen molar-refractivity contribution in [1.82, 2.24) is 34.8 Å². The maximum Gasteiger partial charge on any atom is 0.272 e. The number of aryl methyl sites for hydroxylation is 3. The third-order valence-electron chi connectivity index (χ3n) is 5.01. The largest absolute Gasteiger partial charge is 0.344 e. The van der Waals surface area contributed by atoms with E-state index in [4.69, 9.17) is 0 Å². The number of aromatic amines is 1. The van der Waals surface area contributed by atoms with Gasteiger partial charge in [-0.1, -0.05) is 0 Å². The van der Waals surface area contributed by atoms with Gasteiger partial charge in [-0.25, -0.2) is 4.98 Å². The maximum atomic E-state index is 12.5. The molecule has 0 saturated heterocycles. The van der Waals surface area contributed by atoms with Crippen molar-refractivity contribution in [3.8, 4) is 0 Å². The molecular weight excluding hydrogens is 354 g/mol. The fraction of sp³-hybridized carbons (Fsp3) is 0.300. The van der Waals surface area contributed by atoms with Crippen LogP contribution in [0.1, 0.15) is 45.8 Å². The fourth-order valence-corrected chi connectivity index (χ4v) is 3.20. The van der Waals surface area contributed by atoms with E-state index in [0.717, 1.165) is 22.3 Å². The molecule has 1 amide bonds. The van der Waals surface area contributed by atoms with Gasteiger partial charge in [-0.05, 0) is 50.1 Å². The summed E-state index contributed by atoms with van der Waals surface area (Å²) < 4.78 is 3.76. The van der Waals surface area contributed by atoms with E-state index in [0.29, 0.717) is 12.2 Å². The van der Waals surface area contributed by atoms with Crippen LogP contribution in [0.4, 0.5) is 0 Å². The van der Waals surface area contributed by atoms with Gasteiger partial charge in [0.1, 0.15) is 5.69 Å². The van der Waals surface area contributed by atoms with Gasteiger partial charge in [0.2, 0.25) is 0 Å². The summed E-state index contributed by atoms with van der Waals surface area (Å²) >= 11 is 0. The summed E-state index contributed by atoms with van der Waals surface area (Å²) in [6.07, 6.45) is 5.44. The summed E-state index contributed by atoms with van der Waals surface area (Å²) in [5, 5.41) is 14.2. The molecule has 28 heavy (non-hydrogen) atoms. The lowest BCUT2D eigenvalue weighted by atomic mass is 10.1. The molecule has 3 aromatic heterocycles. The molecule has 0 bridgehead atoms. The Morgan fingerprint density at radius 2 is 2.04 bits per heavy atom. The number of H-pyrrole nitrogens is 1. The molecule has 0 saturated carbocycles. The number of fused-ring (bicyclic) bond motifs is 1. The highest BCUT2D eigenvalue weighted by atomic mass is 16.2. The number of rotatable bonds is 5. The molecule has 2 N–H and O–H groups in total. The number of aromatic nitrogens is 6. The second kappa shape index (κ2) is 6.95. The van der Waals surface area contributed by atoms with Crippen molar-refractivity contribution in [2.45, 2.75) is 33.4 Å².